The molecule has 1 aromatic carbocycles. The lowest BCUT2D eigenvalue weighted by atomic mass is 10.1. The molecule has 0 saturated carbocycles. The van der Waals surface area contributed by atoms with Crippen molar-refractivity contribution in [3.63, 3.8) is 0 Å². The molecule has 17 heavy (non-hydrogen) atoms. The van der Waals surface area contributed by atoms with E-state index in [1.165, 1.54) is 5.75 Å². The van der Waals surface area contributed by atoms with Crippen LogP contribution in [0.1, 0.15) is 5.56 Å². The number of aliphatic hydroxyl groups is 1. The summed E-state index contributed by atoms with van der Waals surface area (Å²) in [7, 11) is 0. The SMILES string of the molecule is OC(Cc1cccc(Cl)c1Cl)C1CSCCS1. The molecule has 2 rings (SSSR count). The molecular formula is C12H14Cl2OS2. The first kappa shape index (κ1) is 13.9. The second-order valence-electron chi connectivity index (χ2n) is 3.97. The Bertz CT molecular complexity index is 381. The average Bonchev–Trinajstić information content (AvgIpc) is 2.36. The van der Waals surface area contributed by atoms with Crippen LogP contribution in [-0.2, 0) is 6.42 Å². The molecule has 1 N–H and O–H groups in total. The predicted molar refractivity (Wildman–Crippen MR) is 79.7 cm³/mol. The Morgan fingerprint density at radius 1 is 1.35 bits per heavy atom. The van der Waals surface area contributed by atoms with Gasteiger partial charge in [0, 0.05) is 28.9 Å². The molecule has 94 valence electrons. The zero-order valence-electron chi connectivity index (χ0n) is 9.23. The van der Waals surface area contributed by atoms with Gasteiger partial charge in [-0.25, -0.2) is 0 Å². The van der Waals surface area contributed by atoms with E-state index in [-0.39, 0.29) is 6.10 Å². The minimum atomic E-state index is -0.344. The smallest absolute Gasteiger partial charge is 0.0707 e. The third kappa shape index (κ3) is 3.71. The van der Waals surface area contributed by atoms with Crippen molar-refractivity contribution in [1.29, 1.82) is 0 Å². The molecule has 0 spiro atoms. The van der Waals surface area contributed by atoms with Crippen molar-refractivity contribution in [2.45, 2.75) is 17.8 Å². The molecule has 1 heterocycles. The van der Waals surface area contributed by atoms with Gasteiger partial charge in [-0.2, -0.15) is 23.5 Å². The van der Waals surface area contributed by atoms with E-state index < -0.39 is 0 Å². The number of benzene rings is 1. The summed E-state index contributed by atoms with van der Waals surface area (Å²) in [4.78, 5) is 0. The van der Waals surface area contributed by atoms with Gasteiger partial charge in [0.25, 0.3) is 0 Å². The largest absolute Gasteiger partial charge is 0.392 e. The van der Waals surface area contributed by atoms with Crippen LogP contribution in [0.5, 0.6) is 0 Å². The van der Waals surface area contributed by atoms with Crippen LogP contribution in [0.4, 0.5) is 0 Å². The second kappa shape index (κ2) is 6.58. The summed E-state index contributed by atoms with van der Waals surface area (Å²) in [5.74, 6) is 3.32. The number of aliphatic hydroxyl groups excluding tert-OH is 1. The van der Waals surface area contributed by atoms with E-state index >= 15 is 0 Å². The lowest BCUT2D eigenvalue weighted by molar-refractivity contribution is 0.177. The summed E-state index contributed by atoms with van der Waals surface area (Å²) >= 11 is 15.8. The van der Waals surface area contributed by atoms with Gasteiger partial charge in [-0.05, 0) is 11.6 Å². The lowest BCUT2D eigenvalue weighted by Gasteiger charge is -2.26. The maximum Gasteiger partial charge on any atom is 0.0707 e. The molecule has 0 amide bonds. The van der Waals surface area contributed by atoms with Gasteiger partial charge in [0.1, 0.15) is 0 Å². The average molecular weight is 309 g/mol. The molecule has 1 nitrogen and oxygen atoms in total. The van der Waals surface area contributed by atoms with Gasteiger partial charge in [0.2, 0.25) is 0 Å². The fraction of sp³-hybridized carbons (Fsp3) is 0.500. The van der Waals surface area contributed by atoms with Gasteiger partial charge in [-0.1, -0.05) is 35.3 Å². The van der Waals surface area contributed by atoms with Crippen LogP contribution in [0.2, 0.25) is 10.0 Å². The molecule has 1 aliphatic rings. The molecule has 1 saturated heterocycles. The first-order chi connectivity index (χ1) is 8.18. The number of thioether (sulfide) groups is 2. The predicted octanol–water partition coefficient (Wildman–Crippen LogP) is 3.75. The van der Waals surface area contributed by atoms with E-state index in [9.17, 15) is 5.11 Å². The summed E-state index contributed by atoms with van der Waals surface area (Å²) < 4.78 is 0. The van der Waals surface area contributed by atoms with Crippen LogP contribution < -0.4 is 0 Å². The van der Waals surface area contributed by atoms with Gasteiger partial charge in [0.05, 0.1) is 16.1 Å². The Hall–Kier alpha value is 0.460. The fourth-order valence-corrected chi connectivity index (χ4v) is 4.96. The first-order valence-electron chi connectivity index (χ1n) is 5.49. The standard InChI is InChI=1S/C12H14Cl2OS2/c13-9-3-1-2-8(12(9)14)6-10(15)11-7-16-4-5-17-11/h1-3,10-11,15H,4-7H2. The van der Waals surface area contributed by atoms with Gasteiger partial charge < -0.3 is 5.11 Å². The van der Waals surface area contributed by atoms with E-state index in [2.05, 4.69) is 0 Å². The number of hydrogen-bond donors (Lipinski definition) is 1. The van der Waals surface area contributed by atoms with E-state index in [0.717, 1.165) is 17.1 Å². The molecule has 0 aliphatic carbocycles. The third-order valence-electron chi connectivity index (χ3n) is 2.73. The minimum Gasteiger partial charge on any atom is -0.392 e. The molecule has 0 radical (unpaired) electrons. The first-order valence-corrected chi connectivity index (χ1v) is 8.44. The van der Waals surface area contributed by atoms with Crippen molar-refractivity contribution in [2.24, 2.45) is 0 Å². The van der Waals surface area contributed by atoms with Crippen molar-refractivity contribution in [3.05, 3.63) is 33.8 Å². The Labute approximate surface area is 120 Å². The van der Waals surface area contributed by atoms with Crippen LogP contribution in [-0.4, -0.2) is 33.7 Å². The topological polar surface area (TPSA) is 20.2 Å². The molecule has 5 heteroatoms. The minimum absolute atomic E-state index is 0.309. The summed E-state index contributed by atoms with van der Waals surface area (Å²) in [5, 5.41) is 11.6. The highest BCUT2D eigenvalue weighted by Crippen LogP contribution is 2.31. The van der Waals surface area contributed by atoms with Crippen molar-refractivity contribution in [1.82, 2.24) is 0 Å². The highest BCUT2D eigenvalue weighted by Gasteiger charge is 2.23. The van der Waals surface area contributed by atoms with Gasteiger partial charge >= 0.3 is 0 Å². The highest BCUT2D eigenvalue weighted by atomic mass is 35.5. The Morgan fingerprint density at radius 3 is 2.88 bits per heavy atom. The fourth-order valence-electron chi connectivity index (χ4n) is 1.79. The van der Waals surface area contributed by atoms with E-state index in [1.54, 1.807) is 6.07 Å². The van der Waals surface area contributed by atoms with Crippen molar-refractivity contribution in [3.8, 4) is 0 Å². The molecule has 2 unspecified atom stereocenters. The van der Waals surface area contributed by atoms with Crippen LogP contribution in [0.3, 0.4) is 0 Å². The molecular weight excluding hydrogens is 295 g/mol. The summed E-state index contributed by atoms with van der Waals surface area (Å²) in [6.07, 6.45) is 0.237. The number of halogens is 2. The van der Waals surface area contributed by atoms with E-state index in [1.807, 2.05) is 35.7 Å². The zero-order valence-corrected chi connectivity index (χ0v) is 12.4. The Balaban J connectivity index is 2.01. The van der Waals surface area contributed by atoms with Gasteiger partial charge in [-0.15, -0.1) is 0 Å². The lowest BCUT2D eigenvalue weighted by Crippen LogP contribution is -2.30. The zero-order chi connectivity index (χ0) is 12.3. The summed E-state index contributed by atoms with van der Waals surface area (Å²) in [5.41, 5.74) is 0.933. The molecule has 0 aromatic heterocycles. The molecule has 1 fully saturated rings. The summed E-state index contributed by atoms with van der Waals surface area (Å²) in [6, 6.07) is 5.57. The van der Waals surface area contributed by atoms with Crippen LogP contribution >= 0.6 is 46.7 Å². The van der Waals surface area contributed by atoms with Gasteiger partial charge in [-0.3, -0.25) is 0 Å². The number of hydrogen-bond acceptors (Lipinski definition) is 3. The normalized spacial score (nSPS) is 22.4. The highest BCUT2D eigenvalue weighted by molar-refractivity contribution is 8.06. The monoisotopic (exact) mass is 308 g/mol. The van der Waals surface area contributed by atoms with Crippen LogP contribution in [0, 0.1) is 0 Å². The van der Waals surface area contributed by atoms with Crippen molar-refractivity contribution >= 4 is 46.7 Å². The van der Waals surface area contributed by atoms with Crippen LogP contribution in [0.25, 0.3) is 0 Å². The maximum absolute atomic E-state index is 10.2. The quantitative estimate of drug-likeness (QED) is 0.918. The second-order valence-corrected chi connectivity index (χ2v) is 7.25. The summed E-state index contributed by atoms with van der Waals surface area (Å²) in [6.45, 7) is 0. The van der Waals surface area contributed by atoms with E-state index in [0.29, 0.717) is 21.7 Å². The number of rotatable bonds is 3. The Kier molecular flexibility index (Phi) is 5.37. The molecule has 2 atom stereocenters. The molecule has 0 bridgehead atoms. The van der Waals surface area contributed by atoms with Crippen molar-refractivity contribution < 1.29 is 5.11 Å². The van der Waals surface area contributed by atoms with E-state index in [4.69, 9.17) is 23.2 Å². The third-order valence-corrected chi connectivity index (χ3v) is 6.50. The van der Waals surface area contributed by atoms with Crippen molar-refractivity contribution in [2.75, 3.05) is 17.3 Å². The molecule has 1 aromatic rings. The Morgan fingerprint density at radius 2 is 2.18 bits per heavy atom. The molecule has 1 aliphatic heterocycles. The van der Waals surface area contributed by atoms with Gasteiger partial charge in [0.15, 0.2) is 0 Å². The maximum atomic E-state index is 10.2. The van der Waals surface area contributed by atoms with Crippen LogP contribution in [0.15, 0.2) is 18.2 Å².